The zero-order chi connectivity index (χ0) is 13.8. The average Bonchev–Trinajstić information content (AvgIpc) is 2.39. The first-order chi connectivity index (χ1) is 9.06. The highest BCUT2D eigenvalue weighted by Crippen LogP contribution is 2.13. The fourth-order valence-corrected chi connectivity index (χ4v) is 1.66. The number of rotatable bonds is 3. The molecule has 0 bridgehead atoms. The zero-order valence-corrected chi connectivity index (χ0v) is 10.2. The number of carbonyl (C=O) groups is 1. The number of aromatic nitrogens is 1. The van der Waals surface area contributed by atoms with Crippen molar-refractivity contribution >= 4 is 5.91 Å². The van der Waals surface area contributed by atoms with Crippen LogP contribution in [-0.4, -0.2) is 10.9 Å². The van der Waals surface area contributed by atoms with Gasteiger partial charge in [0.05, 0.1) is 6.04 Å². The van der Waals surface area contributed by atoms with E-state index in [1.54, 1.807) is 19.1 Å². The molecule has 2 rings (SSSR count). The van der Waals surface area contributed by atoms with Gasteiger partial charge < -0.3 is 5.32 Å². The molecule has 1 N–H and O–H groups in total. The number of amides is 1. The van der Waals surface area contributed by atoms with Crippen molar-refractivity contribution in [1.29, 1.82) is 0 Å². The summed E-state index contributed by atoms with van der Waals surface area (Å²) in [6, 6.07) is 8.02. The molecule has 0 aliphatic heterocycles. The molecule has 0 aliphatic carbocycles. The van der Waals surface area contributed by atoms with Crippen LogP contribution in [0.3, 0.4) is 0 Å². The fraction of sp³-hybridized carbons (Fsp3) is 0.143. The van der Waals surface area contributed by atoms with Crippen LogP contribution >= 0.6 is 0 Å². The summed E-state index contributed by atoms with van der Waals surface area (Å²) in [6.07, 6.45) is 1.23. The maximum atomic E-state index is 12.9. The Morgan fingerprint density at radius 1 is 1.21 bits per heavy atom. The van der Waals surface area contributed by atoms with Crippen LogP contribution in [0.1, 0.15) is 28.9 Å². The maximum Gasteiger partial charge on any atom is 0.251 e. The molecule has 3 nitrogen and oxygen atoms in total. The summed E-state index contributed by atoms with van der Waals surface area (Å²) in [7, 11) is 0. The third-order valence-electron chi connectivity index (χ3n) is 2.71. The van der Waals surface area contributed by atoms with E-state index in [4.69, 9.17) is 0 Å². The lowest BCUT2D eigenvalue weighted by Crippen LogP contribution is -2.26. The van der Waals surface area contributed by atoms with Crippen molar-refractivity contribution in [3.8, 4) is 0 Å². The van der Waals surface area contributed by atoms with E-state index in [-0.39, 0.29) is 17.4 Å². The molecule has 1 aromatic heterocycles. The molecule has 0 spiro atoms. The molecular formula is C14H12F2N2O. The van der Waals surface area contributed by atoms with Crippen molar-refractivity contribution in [2.45, 2.75) is 13.0 Å². The summed E-state index contributed by atoms with van der Waals surface area (Å²) in [4.78, 5) is 15.2. The average molecular weight is 262 g/mol. The van der Waals surface area contributed by atoms with Crippen LogP contribution < -0.4 is 5.32 Å². The van der Waals surface area contributed by atoms with Crippen molar-refractivity contribution in [3.05, 3.63) is 65.5 Å². The van der Waals surface area contributed by atoms with E-state index in [1.807, 2.05) is 0 Å². The van der Waals surface area contributed by atoms with Crippen LogP contribution in [0.15, 0.2) is 42.6 Å². The van der Waals surface area contributed by atoms with E-state index < -0.39 is 11.9 Å². The van der Waals surface area contributed by atoms with Crippen LogP contribution in [-0.2, 0) is 0 Å². The first-order valence-corrected chi connectivity index (χ1v) is 5.74. The van der Waals surface area contributed by atoms with E-state index in [9.17, 15) is 13.6 Å². The lowest BCUT2D eigenvalue weighted by molar-refractivity contribution is 0.0939. The Balaban J connectivity index is 2.08. The number of halogens is 2. The molecule has 1 aromatic carbocycles. The van der Waals surface area contributed by atoms with E-state index in [0.717, 1.165) is 11.6 Å². The Morgan fingerprint density at radius 2 is 1.89 bits per heavy atom. The second-order valence-corrected chi connectivity index (χ2v) is 4.11. The highest BCUT2D eigenvalue weighted by molar-refractivity contribution is 5.94. The summed E-state index contributed by atoms with van der Waals surface area (Å²) < 4.78 is 25.7. The predicted octanol–water partition coefficient (Wildman–Crippen LogP) is 2.85. The number of nitrogens with zero attached hydrogens (tertiary/aromatic N) is 1. The van der Waals surface area contributed by atoms with Gasteiger partial charge in [-0.3, -0.25) is 4.79 Å². The Bertz CT molecular complexity index is 584. The van der Waals surface area contributed by atoms with Gasteiger partial charge in [-0.05, 0) is 30.7 Å². The minimum Gasteiger partial charge on any atom is -0.346 e. The molecule has 1 atom stereocenters. The fourth-order valence-electron chi connectivity index (χ4n) is 1.66. The minimum atomic E-state index is -0.706. The van der Waals surface area contributed by atoms with Gasteiger partial charge in [-0.1, -0.05) is 12.1 Å². The number of carbonyl (C=O) groups excluding carboxylic acids is 1. The number of hydrogen-bond donors (Lipinski definition) is 1. The van der Waals surface area contributed by atoms with Crippen molar-refractivity contribution in [2.24, 2.45) is 0 Å². The van der Waals surface area contributed by atoms with Gasteiger partial charge in [-0.25, -0.2) is 9.37 Å². The van der Waals surface area contributed by atoms with Crippen molar-refractivity contribution in [2.75, 3.05) is 0 Å². The van der Waals surface area contributed by atoms with Crippen LogP contribution in [0, 0.1) is 11.8 Å². The largest absolute Gasteiger partial charge is 0.346 e. The summed E-state index contributed by atoms with van der Waals surface area (Å²) in [5.41, 5.74) is 0.964. The normalized spacial score (nSPS) is 11.9. The van der Waals surface area contributed by atoms with Gasteiger partial charge in [-0.2, -0.15) is 4.39 Å². The number of benzene rings is 1. The molecule has 5 heteroatoms. The lowest BCUT2D eigenvalue weighted by atomic mass is 10.1. The van der Waals surface area contributed by atoms with Crippen molar-refractivity contribution in [1.82, 2.24) is 10.3 Å². The smallest absolute Gasteiger partial charge is 0.251 e. The quantitative estimate of drug-likeness (QED) is 0.864. The number of pyridine rings is 1. The molecule has 0 fully saturated rings. The first-order valence-electron chi connectivity index (χ1n) is 5.74. The van der Waals surface area contributed by atoms with Gasteiger partial charge in [0.1, 0.15) is 5.82 Å². The SMILES string of the molecule is CC(NC(=O)c1ccnc(F)c1)c1ccc(F)cc1. The Hall–Kier alpha value is -2.30. The second kappa shape index (κ2) is 5.56. The number of hydrogen-bond acceptors (Lipinski definition) is 2. The van der Waals surface area contributed by atoms with Gasteiger partial charge in [0.25, 0.3) is 5.91 Å². The van der Waals surface area contributed by atoms with E-state index >= 15 is 0 Å². The third kappa shape index (κ3) is 3.34. The molecule has 98 valence electrons. The molecular weight excluding hydrogens is 250 g/mol. The van der Waals surface area contributed by atoms with Crippen LogP contribution in [0.25, 0.3) is 0 Å². The van der Waals surface area contributed by atoms with Gasteiger partial charge >= 0.3 is 0 Å². The standard InChI is InChI=1S/C14H12F2N2O/c1-9(10-2-4-12(15)5-3-10)18-14(19)11-6-7-17-13(16)8-11/h2-9H,1H3,(H,18,19). The lowest BCUT2D eigenvalue weighted by Gasteiger charge is -2.14. The second-order valence-electron chi connectivity index (χ2n) is 4.11. The predicted molar refractivity (Wildman–Crippen MR) is 66.5 cm³/mol. The van der Waals surface area contributed by atoms with Crippen LogP contribution in [0.4, 0.5) is 8.78 Å². The molecule has 0 aliphatic rings. The van der Waals surface area contributed by atoms with Gasteiger partial charge in [0.2, 0.25) is 5.95 Å². The minimum absolute atomic E-state index is 0.196. The molecule has 0 saturated heterocycles. The summed E-state index contributed by atoms with van der Waals surface area (Å²) in [6.45, 7) is 1.77. The summed E-state index contributed by atoms with van der Waals surface area (Å²) in [5, 5.41) is 2.70. The first kappa shape index (κ1) is 13.1. The van der Waals surface area contributed by atoms with Gasteiger partial charge in [0, 0.05) is 17.8 Å². The van der Waals surface area contributed by atoms with Crippen molar-refractivity contribution in [3.63, 3.8) is 0 Å². The Morgan fingerprint density at radius 3 is 2.53 bits per heavy atom. The molecule has 19 heavy (non-hydrogen) atoms. The maximum absolute atomic E-state index is 12.9. The van der Waals surface area contributed by atoms with E-state index in [2.05, 4.69) is 10.3 Å². The number of nitrogens with one attached hydrogen (secondary N) is 1. The highest BCUT2D eigenvalue weighted by atomic mass is 19.1. The topological polar surface area (TPSA) is 42.0 Å². The van der Waals surface area contributed by atoms with E-state index in [0.29, 0.717) is 0 Å². The highest BCUT2D eigenvalue weighted by Gasteiger charge is 2.12. The van der Waals surface area contributed by atoms with Gasteiger partial charge in [0.15, 0.2) is 0 Å². The van der Waals surface area contributed by atoms with Gasteiger partial charge in [-0.15, -0.1) is 0 Å². The molecule has 1 heterocycles. The Labute approximate surface area is 109 Å². The third-order valence-corrected chi connectivity index (χ3v) is 2.71. The molecule has 0 radical (unpaired) electrons. The van der Waals surface area contributed by atoms with Crippen LogP contribution in [0.2, 0.25) is 0 Å². The molecule has 1 amide bonds. The molecule has 1 unspecified atom stereocenters. The summed E-state index contributed by atoms with van der Waals surface area (Å²) in [5.74, 6) is -1.45. The van der Waals surface area contributed by atoms with Crippen molar-refractivity contribution < 1.29 is 13.6 Å². The molecule has 0 saturated carbocycles. The molecule has 2 aromatic rings. The summed E-state index contributed by atoms with van der Waals surface area (Å²) >= 11 is 0. The Kier molecular flexibility index (Phi) is 3.85. The van der Waals surface area contributed by atoms with E-state index in [1.165, 1.54) is 24.4 Å². The monoisotopic (exact) mass is 262 g/mol. The zero-order valence-electron chi connectivity index (χ0n) is 10.2. The van der Waals surface area contributed by atoms with Crippen LogP contribution in [0.5, 0.6) is 0 Å².